The molecular formula is C9H9N9O2. The van der Waals surface area contributed by atoms with E-state index in [1.54, 1.807) is 0 Å². The fourth-order valence-corrected chi connectivity index (χ4v) is 1.70. The highest BCUT2D eigenvalue weighted by atomic mass is 16.2. The van der Waals surface area contributed by atoms with Crippen LogP contribution in [0, 0.1) is 0 Å². The summed E-state index contributed by atoms with van der Waals surface area (Å²) in [5.74, 6) is -0.612. The maximum Gasteiger partial charge on any atom is 0.258 e. The number of amides is 2. The molecule has 0 spiro atoms. The van der Waals surface area contributed by atoms with Gasteiger partial charge in [-0.1, -0.05) is 0 Å². The number of nitrogens with zero attached hydrogens (tertiary/aromatic N) is 7. The lowest BCUT2D eigenvalue weighted by atomic mass is 10.3. The fourth-order valence-electron chi connectivity index (χ4n) is 1.70. The SMILES string of the molecule is Nc1nc(N2CC(=O)NC(=O)C2)nc(-n2cncn2)n1. The van der Waals surface area contributed by atoms with Crippen molar-refractivity contribution in [3.8, 4) is 5.95 Å². The zero-order valence-electron chi connectivity index (χ0n) is 10.1. The number of hydrogen-bond donors (Lipinski definition) is 2. The first kappa shape index (κ1) is 12.0. The van der Waals surface area contributed by atoms with Crippen LogP contribution in [-0.4, -0.2) is 54.6 Å². The Balaban J connectivity index is 1.97. The Hall–Kier alpha value is -3.11. The molecule has 0 radical (unpaired) electrons. The molecule has 11 nitrogen and oxygen atoms in total. The molecule has 20 heavy (non-hydrogen) atoms. The maximum atomic E-state index is 11.4. The minimum Gasteiger partial charge on any atom is -0.368 e. The van der Waals surface area contributed by atoms with Crippen LogP contribution in [0.4, 0.5) is 11.9 Å². The van der Waals surface area contributed by atoms with Gasteiger partial charge in [0.2, 0.25) is 23.7 Å². The highest BCUT2D eigenvalue weighted by Gasteiger charge is 2.25. The summed E-state index contributed by atoms with van der Waals surface area (Å²) in [5, 5.41) is 6.06. The highest BCUT2D eigenvalue weighted by molar-refractivity contribution is 6.02. The van der Waals surface area contributed by atoms with Crippen molar-refractivity contribution in [2.45, 2.75) is 0 Å². The third-order valence-corrected chi connectivity index (χ3v) is 2.48. The van der Waals surface area contributed by atoms with Crippen molar-refractivity contribution in [3.05, 3.63) is 12.7 Å². The predicted octanol–water partition coefficient (Wildman–Crippen LogP) is -2.50. The third-order valence-electron chi connectivity index (χ3n) is 2.48. The number of nitrogen functional groups attached to an aromatic ring is 1. The zero-order chi connectivity index (χ0) is 14.1. The third kappa shape index (κ3) is 2.23. The first-order chi connectivity index (χ1) is 9.61. The molecule has 1 fully saturated rings. The Morgan fingerprint density at radius 3 is 2.45 bits per heavy atom. The lowest BCUT2D eigenvalue weighted by Gasteiger charge is -2.25. The summed E-state index contributed by atoms with van der Waals surface area (Å²) >= 11 is 0. The molecule has 102 valence electrons. The number of hydrogen-bond acceptors (Lipinski definition) is 9. The number of imide groups is 1. The number of anilines is 2. The first-order valence-electron chi connectivity index (χ1n) is 5.56. The number of nitrogens with two attached hydrogens (primary N) is 1. The molecular weight excluding hydrogens is 266 g/mol. The summed E-state index contributed by atoms with van der Waals surface area (Å²) < 4.78 is 1.30. The van der Waals surface area contributed by atoms with Gasteiger partial charge in [-0.25, -0.2) is 4.98 Å². The molecule has 11 heteroatoms. The van der Waals surface area contributed by atoms with E-state index in [0.717, 1.165) is 0 Å². The second kappa shape index (κ2) is 4.53. The summed E-state index contributed by atoms with van der Waals surface area (Å²) in [6.07, 6.45) is 2.71. The average molecular weight is 275 g/mol. The lowest BCUT2D eigenvalue weighted by Crippen LogP contribution is -2.52. The van der Waals surface area contributed by atoms with Gasteiger partial charge in [0.05, 0.1) is 0 Å². The van der Waals surface area contributed by atoms with Gasteiger partial charge in [0.15, 0.2) is 0 Å². The van der Waals surface area contributed by atoms with E-state index < -0.39 is 11.8 Å². The highest BCUT2D eigenvalue weighted by Crippen LogP contribution is 2.12. The van der Waals surface area contributed by atoms with Crippen LogP contribution < -0.4 is 16.0 Å². The number of carbonyl (C=O) groups excluding carboxylic acids is 2. The van der Waals surface area contributed by atoms with Crippen LogP contribution in [0.3, 0.4) is 0 Å². The smallest absolute Gasteiger partial charge is 0.258 e. The van der Waals surface area contributed by atoms with Gasteiger partial charge in [-0.05, 0) is 0 Å². The van der Waals surface area contributed by atoms with Gasteiger partial charge in [0, 0.05) is 0 Å². The van der Waals surface area contributed by atoms with E-state index in [2.05, 4.69) is 30.4 Å². The van der Waals surface area contributed by atoms with Crippen molar-refractivity contribution in [3.63, 3.8) is 0 Å². The Bertz CT molecular complexity index is 652. The summed E-state index contributed by atoms with van der Waals surface area (Å²) in [6, 6.07) is 0. The monoisotopic (exact) mass is 275 g/mol. The minimum absolute atomic E-state index is 0.0357. The molecule has 2 aromatic rings. The van der Waals surface area contributed by atoms with Crippen LogP contribution in [0.5, 0.6) is 0 Å². The Labute approximate surface area is 111 Å². The summed E-state index contributed by atoms with van der Waals surface area (Å²) in [5.41, 5.74) is 5.61. The van der Waals surface area contributed by atoms with E-state index in [1.165, 1.54) is 22.2 Å². The van der Waals surface area contributed by atoms with Gasteiger partial charge >= 0.3 is 0 Å². The van der Waals surface area contributed by atoms with Gasteiger partial charge in [0.25, 0.3) is 5.95 Å². The standard InChI is InChI=1S/C9H9N9O2/c10-7-14-8(17-1-5(19)13-6(20)2-17)16-9(15-7)18-4-11-3-12-18/h3-4H,1-2H2,(H,13,19,20)(H2,10,14,15,16). The summed E-state index contributed by atoms with van der Waals surface area (Å²) in [6.45, 7) is -0.0714. The second-order valence-electron chi connectivity index (χ2n) is 3.96. The molecule has 0 unspecified atom stereocenters. The molecule has 1 saturated heterocycles. The molecule has 3 heterocycles. The number of rotatable bonds is 2. The largest absolute Gasteiger partial charge is 0.368 e. The summed E-state index contributed by atoms with van der Waals surface area (Å²) in [7, 11) is 0. The molecule has 1 aliphatic heterocycles. The Morgan fingerprint density at radius 2 is 1.80 bits per heavy atom. The maximum absolute atomic E-state index is 11.4. The molecule has 0 saturated carbocycles. The molecule has 3 N–H and O–H groups in total. The van der Waals surface area contributed by atoms with Crippen LogP contribution in [0.25, 0.3) is 5.95 Å². The van der Waals surface area contributed by atoms with Crippen molar-refractivity contribution < 1.29 is 9.59 Å². The normalized spacial score (nSPS) is 15.3. The van der Waals surface area contributed by atoms with Crippen LogP contribution in [-0.2, 0) is 9.59 Å². The predicted molar refractivity (Wildman–Crippen MR) is 64.5 cm³/mol. The van der Waals surface area contributed by atoms with E-state index in [4.69, 9.17) is 5.73 Å². The minimum atomic E-state index is -0.428. The number of nitrogens with one attached hydrogen (secondary N) is 1. The van der Waals surface area contributed by atoms with Gasteiger partial charge < -0.3 is 10.6 Å². The van der Waals surface area contributed by atoms with Crippen LogP contribution >= 0.6 is 0 Å². The molecule has 0 aromatic carbocycles. The van der Waals surface area contributed by atoms with E-state index in [9.17, 15) is 9.59 Å². The molecule has 0 bridgehead atoms. The van der Waals surface area contributed by atoms with Crippen molar-refractivity contribution in [1.82, 2.24) is 35.0 Å². The van der Waals surface area contributed by atoms with Crippen LogP contribution in [0.2, 0.25) is 0 Å². The van der Waals surface area contributed by atoms with Crippen molar-refractivity contribution >= 4 is 23.7 Å². The van der Waals surface area contributed by atoms with E-state index in [1.807, 2.05) is 0 Å². The molecule has 0 atom stereocenters. The van der Waals surface area contributed by atoms with E-state index in [-0.39, 0.29) is 30.9 Å². The number of aromatic nitrogens is 6. The molecule has 3 rings (SSSR count). The molecule has 2 amide bonds. The molecule has 0 aliphatic carbocycles. The first-order valence-corrected chi connectivity index (χ1v) is 5.56. The lowest BCUT2D eigenvalue weighted by molar-refractivity contribution is -0.130. The zero-order valence-corrected chi connectivity index (χ0v) is 10.1. The van der Waals surface area contributed by atoms with E-state index >= 15 is 0 Å². The van der Waals surface area contributed by atoms with Gasteiger partial charge in [0.1, 0.15) is 25.7 Å². The van der Waals surface area contributed by atoms with Crippen LogP contribution in [0.15, 0.2) is 12.7 Å². The second-order valence-corrected chi connectivity index (χ2v) is 3.96. The van der Waals surface area contributed by atoms with Gasteiger partial charge in [-0.3, -0.25) is 14.9 Å². The molecule has 2 aromatic heterocycles. The summed E-state index contributed by atoms with van der Waals surface area (Å²) in [4.78, 5) is 39.8. The number of piperazine rings is 1. The Kier molecular flexibility index (Phi) is 2.71. The van der Waals surface area contributed by atoms with E-state index in [0.29, 0.717) is 0 Å². The quantitative estimate of drug-likeness (QED) is 0.568. The average Bonchev–Trinajstić information content (AvgIpc) is 2.90. The van der Waals surface area contributed by atoms with Gasteiger partial charge in [-0.15, -0.1) is 0 Å². The topological polar surface area (TPSA) is 145 Å². The fraction of sp³-hybridized carbons (Fsp3) is 0.222. The van der Waals surface area contributed by atoms with Crippen molar-refractivity contribution in [2.24, 2.45) is 0 Å². The Morgan fingerprint density at radius 1 is 1.10 bits per heavy atom. The molecule has 1 aliphatic rings. The number of carbonyl (C=O) groups is 2. The van der Waals surface area contributed by atoms with Gasteiger partial charge in [-0.2, -0.15) is 24.7 Å². The van der Waals surface area contributed by atoms with Crippen LogP contribution in [0.1, 0.15) is 0 Å². The van der Waals surface area contributed by atoms with Crippen molar-refractivity contribution in [2.75, 3.05) is 23.7 Å². The van der Waals surface area contributed by atoms with Crippen molar-refractivity contribution in [1.29, 1.82) is 0 Å².